The fourth-order valence-corrected chi connectivity index (χ4v) is 4.13. The van der Waals surface area contributed by atoms with Gasteiger partial charge < -0.3 is 19.5 Å². The second-order valence-corrected chi connectivity index (χ2v) is 7.34. The second kappa shape index (κ2) is 7.59. The average Bonchev–Trinajstić information content (AvgIpc) is 3.44. The zero-order chi connectivity index (χ0) is 20.5. The molecule has 2 aromatic heterocycles. The summed E-state index contributed by atoms with van der Waals surface area (Å²) in [7, 11) is 0. The van der Waals surface area contributed by atoms with Crippen molar-refractivity contribution in [2.45, 2.75) is 31.8 Å². The van der Waals surface area contributed by atoms with Crippen LogP contribution < -0.4 is 15.5 Å². The third-order valence-electron chi connectivity index (χ3n) is 5.46. The monoisotopic (exact) mass is 403 g/mol. The van der Waals surface area contributed by atoms with E-state index in [0.29, 0.717) is 29.2 Å². The Morgan fingerprint density at radius 1 is 1.07 bits per heavy atom. The van der Waals surface area contributed by atoms with Crippen molar-refractivity contribution in [1.29, 1.82) is 0 Å². The Hall–Kier alpha value is -3.74. The molecule has 7 heteroatoms. The number of anilines is 2. The number of rotatable bonds is 3. The van der Waals surface area contributed by atoms with Crippen LogP contribution in [-0.4, -0.2) is 11.8 Å². The first-order valence-corrected chi connectivity index (χ1v) is 9.97. The predicted octanol–water partition coefficient (Wildman–Crippen LogP) is 4.76. The summed E-state index contributed by atoms with van der Waals surface area (Å²) in [6, 6.07) is 13.7. The van der Waals surface area contributed by atoms with E-state index in [9.17, 15) is 9.59 Å². The van der Waals surface area contributed by atoms with Gasteiger partial charge in [-0.25, -0.2) is 4.79 Å². The molecule has 0 saturated carbocycles. The number of amides is 2. The number of para-hydroxylation sites is 2. The largest absolute Gasteiger partial charge is 0.467 e. The third kappa shape index (κ3) is 3.18. The second-order valence-electron chi connectivity index (χ2n) is 7.34. The lowest BCUT2D eigenvalue weighted by atomic mass is 9.88. The molecule has 1 aliphatic carbocycles. The summed E-state index contributed by atoms with van der Waals surface area (Å²) >= 11 is 0. The number of allylic oxidation sites excluding steroid dienone is 1. The van der Waals surface area contributed by atoms with Crippen molar-refractivity contribution in [2.24, 2.45) is 0 Å². The van der Waals surface area contributed by atoms with E-state index < -0.39 is 6.04 Å². The summed E-state index contributed by atoms with van der Waals surface area (Å²) in [6.45, 7) is 0.239. The van der Waals surface area contributed by atoms with E-state index in [0.717, 1.165) is 24.2 Å². The molecule has 1 aromatic carbocycles. The fraction of sp³-hybridized carbons (Fsp3) is 0.217. The number of fused-ring (bicyclic) bond motifs is 1. The third-order valence-corrected chi connectivity index (χ3v) is 5.46. The minimum atomic E-state index is -0.657. The van der Waals surface area contributed by atoms with Gasteiger partial charge in [-0.3, -0.25) is 9.69 Å². The van der Waals surface area contributed by atoms with E-state index in [-0.39, 0.29) is 18.4 Å². The number of urea groups is 1. The summed E-state index contributed by atoms with van der Waals surface area (Å²) in [4.78, 5) is 28.1. The number of furan rings is 2. The maximum absolute atomic E-state index is 13.5. The Morgan fingerprint density at radius 2 is 1.90 bits per heavy atom. The number of hydrogen-bond donors (Lipinski definition) is 2. The zero-order valence-corrected chi connectivity index (χ0v) is 16.3. The van der Waals surface area contributed by atoms with Gasteiger partial charge in [0, 0.05) is 17.7 Å². The van der Waals surface area contributed by atoms with Crippen LogP contribution in [0.4, 0.5) is 16.2 Å². The smallest absolute Gasteiger partial charge is 0.323 e. The number of carbonyl (C=O) groups excluding carboxylic acids is 2. The van der Waals surface area contributed by atoms with Crippen LogP contribution in [0, 0.1) is 0 Å². The minimum Gasteiger partial charge on any atom is -0.467 e. The Labute approximate surface area is 173 Å². The molecule has 2 aliphatic rings. The van der Waals surface area contributed by atoms with E-state index in [4.69, 9.17) is 8.83 Å². The Morgan fingerprint density at radius 3 is 2.70 bits per heavy atom. The molecule has 2 amide bonds. The lowest BCUT2D eigenvalue weighted by Gasteiger charge is -2.32. The van der Waals surface area contributed by atoms with Crippen molar-refractivity contribution >= 4 is 23.2 Å². The number of benzene rings is 1. The lowest BCUT2D eigenvalue weighted by molar-refractivity contribution is -0.116. The Balaban J connectivity index is 1.63. The van der Waals surface area contributed by atoms with Gasteiger partial charge >= 0.3 is 6.03 Å². The maximum atomic E-state index is 13.5. The summed E-state index contributed by atoms with van der Waals surface area (Å²) in [5.41, 5.74) is 2.89. The average molecular weight is 403 g/mol. The molecule has 7 nitrogen and oxygen atoms in total. The summed E-state index contributed by atoms with van der Waals surface area (Å²) in [5, 5.41) is 6.33. The normalized spacial score (nSPS) is 18.3. The molecule has 3 aromatic rings. The molecule has 1 aliphatic heterocycles. The van der Waals surface area contributed by atoms with Crippen LogP contribution in [0.2, 0.25) is 0 Å². The van der Waals surface area contributed by atoms with Gasteiger partial charge in [0.15, 0.2) is 5.78 Å². The molecule has 0 unspecified atom stereocenters. The van der Waals surface area contributed by atoms with E-state index in [1.165, 1.54) is 0 Å². The highest BCUT2D eigenvalue weighted by atomic mass is 16.3. The molecule has 3 heterocycles. The van der Waals surface area contributed by atoms with Crippen molar-refractivity contribution in [3.63, 3.8) is 0 Å². The van der Waals surface area contributed by atoms with Gasteiger partial charge in [-0.15, -0.1) is 0 Å². The number of nitrogens with one attached hydrogen (secondary N) is 2. The zero-order valence-electron chi connectivity index (χ0n) is 16.3. The lowest BCUT2D eigenvalue weighted by Crippen LogP contribution is -2.43. The van der Waals surface area contributed by atoms with Crippen LogP contribution >= 0.6 is 0 Å². The van der Waals surface area contributed by atoms with Gasteiger partial charge in [0.2, 0.25) is 0 Å². The van der Waals surface area contributed by atoms with Crippen molar-refractivity contribution in [3.8, 4) is 0 Å². The molecule has 0 spiro atoms. The molecule has 30 heavy (non-hydrogen) atoms. The Bertz CT molecular complexity index is 1100. The quantitative estimate of drug-likeness (QED) is 0.658. The molecule has 5 rings (SSSR count). The fourth-order valence-electron chi connectivity index (χ4n) is 4.13. The van der Waals surface area contributed by atoms with Crippen LogP contribution in [0.25, 0.3) is 0 Å². The van der Waals surface area contributed by atoms with Gasteiger partial charge in [-0.2, -0.15) is 0 Å². The van der Waals surface area contributed by atoms with Crippen molar-refractivity contribution in [1.82, 2.24) is 5.32 Å². The highest BCUT2D eigenvalue weighted by Crippen LogP contribution is 2.44. The molecular formula is C23H21N3O4. The van der Waals surface area contributed by atoms with Gasteiger partial charge in [0.05, 0.1) is 30.4 Å². The van der Waals surface area contributed by atoms with Crippen LogP contribution in [-0.2, 0) is 11.3 Å². The first kappa shape index (κ1) is 18.3. The SMILES string of the molecule is O=C1CCCC2=C1[C@@H](c1ccco1)N(C(=O)NCc1ccco1)c1ccccc1N2. The first-order valence-electron chi connectivity index (χ1n) is 9.97. The summed E-state index contributed by atoms with van der Waals surface area (Å²) < 4.78 is 11.1. The molecule has 1 atom stereocenters. The number of carbonyl (C=O) groups is 2. The van der Waals surface area contributed by atoms with Crippen LogP contribution in [0.1, 0.15) is 36.8 Å². The van der Waals surface area contributed by atoms with E-state index in [2.05, 4.69) is 10.6 Å². The maximum Gasteiger partial charge on any atom is 0.323 e. The molecule has 0 fully saturated rings. The van der Waals surface area contributed by atoms with Crippen molar-refractivity contribution in [2.75, 3.05) is 10.2 Å². The van der Waals surface area contributed by atoms with E-state index >= 15 is 0 Å². The molecule has 152 valence electrons. The minimum absolute atomic E-state index is 0.0294. The number of Topliss-reactive ketones (excluding diaryl/α,β-unsaturated/α-hetero) is 1. The van der Waals surface area contributed by atoms with Crippen molar-refractivity contribution in [3.05, 3.63) is 83.8 Å². The molecule has 0 saturated heterocycles. The first-order chi connectivity index (χ1) is 14.7. The highest BCUT2D eigenvalue weighted by Gasteiger charge is 2.40. The van der Waals surface area contributed by atoms with Gasteiger partial charge in [0.1, 0.15) is 17.6 Å². The van der Waals surface area contributed by atoms with Gasteiger partial charge in [-0.05, 0) is 49.2 Å². The van der Waals surface area contributed by atoms with Gasteiger partial charge in [0.25, 0.3) is 0 Å². The summed E-state index contributed by atoms with van der Waals surface area (Å²) in [5.74, 6) is 1.22. The molecular weight excluding hydrogens is 382 g/mol. The molecule has 2 N–H and O–H groups in total. The predicted molar refractivity (Wildman–Crippen MR) is 111 cm³/mol. The Kier molecular flexibility index (Phi) is 4.63. The van der Waals surface area contributed by atoms with Crippen LogP contribution in [0.5, 0.6) is 0 Å². The topological polar surface area (TPSA) is 87.7 Å². The number of hydrogen-bond acceptors (Lipinski definition) is 5. The number of nitrogens with zero attached hydrogens (tertiary/aromatic N) is 1. The molecule has 0 radical (unpaired) electrons. The van der Waals surface area contributed by atoms with E-state index in [1.807, 2.05) is 24.3 Å². The summed E-state index contributed by atoms with van der Waals surface area (Å²) in [6.07, 6.45) is 5.11. The van der Waals surface area contributed by atoms with Gasteiger partial charge in [-0.1, -0.05) is 12.1 Å². The van der Waals surface area contributed by atoms with Crippen LogP contribution in [0.15, 0.2) is 81.2 Å². The highest BCUT2D eigenvalue weighted by molar-refractivity contribution is 6.05. The van der Waals surface area contributed by atoms with Crippen LogP contribution in [0.3, 0.4) is 0 Å². The van der Waals surface area contributed by atoms with E-state index in [1.54, 1.807) is 41.7 Å². The number of ketones is 1. The molecule has 0 bridgehead atoms. The van der Waals surface area contributed by atoms with Crippen molar-refractivity contribution < 1.29 is 18.4 Å². The standard InChI is InChI=1S/C23H21N3O4/c27-19-10-3-8-17-21(19)22(20-11-5-13-30-20)26(18-9-2-1-7-16(18)25-17)23(28)24-14-15-6-4-12-29-15/h1-2,4-7,9,11-13,22,25H,3,8,10,14H2,(H,24,28)/t22-/m1/s1.